The quantitative estimate of drug-likeness (QED) is 0.884. The number of hydrogen-bond acceptors (Lipinski definition) is 3. The van der Waals surface area contributed by atoms with Crippen molar-refractivity contribution in [1.82, 2.24) is 4.98 Å². The minimum absolute atomic E-state index is 0.648. The molecular weight excluding hydrogens is 230 g/mol. The van der Waals surface area contributed by atoms with Gasteiger partial charge in [0.05, 0.1) is 21.2 Å². The Kier molecular flexibility index (Phi) is 3.88. The summed E-state index contributed by atoms with van der Waals surface area (Å²) in [6.07, 6.45) is 7.53. The lowest BCUT2D eigenvalue weighted by Gasteiger charge is -2.19. The second kappa shape index (κ2) is 5.07. The van der Waals surface area contributed by atoms with Crippen molar-refractivity contribution >= 4 is 11.3 Å². The summed E-state index contributed by atoms with van der Waals surface area (Å²) in [6.45, 7) is 5.85. The van der Waals surface area contributed by atoms with Crippen LogP contribution >= 0.6 is 11.3 Å². The van der Waals surface area contributed by atoms with E-state index in [1.54, 1.807) is 11.3 Å². The number of hydrogen-bond donors (Lipinski definition) is 1. The summed E-state index contributed by atoms with van der Waals surface area (Å²) in [5, 5.41) is 11.4. The lowest BCUT2D eigenvalue weighted by molar-refractivity contribution is 0.0814. The number of thiazole rings is 1. The van der Waals surface area contributed by atoms with Crippen molar-refractivity contribution in [3.05, 3.63) is 15.6 Å². The Morgan fingerprint density at radius 1 is 1.29 bits per heavy atom. The monoisotopic (exact) mass is 253 g/mol. The van der Waals surface area contributed by atoms with Crippen LogP contribution in [0.5, 0.6) is 0 Å². The van der Waals surface area contributed by atoms with Gasteiger partial charge in [-0.1, -0.05) is 26.2 Å². The molecule has 0 radical (unpaired) electrons. The van der Waals surface area contributed by atoms with Crippen molar-refractivity contribution in [2.75, 3.05) is 0 Å². The number of rotatable bonds is 3. The number of nitrogens with zero attached hydrogens (tertiary/aromatic N) is 1. The molecule has 0 unspecified atom stereocenters. The molecule has 1 aromatic rings. The van der Waals surface area contributed by atoms with Crippen LogP contribution in [0.25, 0.3) is 0 Å². The fourth-order valence-electron chi connectivity index (χ4n) is 2.61. The molecule has 1 aromatic heterocycles. The molecule has 0 spiro atoms. The van der Waals surface area contributed by atoms with E-state index in [1.807, 2.05) is 13.8 Å². The Hall–Kier alpha value is -0.410. The zero-order chi connectivity index (χ0) is 12.5. The molecule has 0 bridgehead atoms. The molecule has 0 atom stereocenters. The predicted octanol–water partition coefficient (Wildman–Crippen LogP) is 3.98. The first-order valence-electron chi connectivity index (χ1n) is 6.74. The molecule has 1 aliphatic carbocycles. The smallest absolute Gasteiger partial charge is 0.0963 e. The molecular formula is C14H23NOS. The summed E-state index contributed by atoms with van der Waals surface area (Å²) in [4.78, 5) is 5.85. The number of aromatic nitrogens is 1. The minimum atomic E-state index is -0.740. The summed E-state index contributed by atoms with van der Waals surface area (Å²) in [5.41, 5.74) is 0.360. The first-order chi connectivity index (χ1) is 8.02. The van der Waals surface area contributed by atoms with E-state index < -0.39 is 5.60 Å². The topological polar surface area (TPSA) is 33.1 Å². The fourth-order valence-corrected chi connectivity index (χ4v) is 3.94. The maximum Gasteiger partial charge on any atom is 0.0963 e. The third kappa shape index (κ3) is 2.89. The van der Waals surface area contributed by atoms with E-state index in [9.17, 15) is 5.11 Å². The van der Waals surface area contributed by atoms with Gasteiger partial charge in [0.1, 0.15) is 0 Å². The minimum Gasteiger partial charge on any atom is -0.385 e. The van der Waals surface area contributed by atoms with Crippen LogP contribution in [0.4, 0.5) is 0 Å². The zero-order valence-corrected chi connectivity index (χ0v) is 11.9. The van der Waals surface area contributed by atoms with Crippen molar-refractivity contribution in [3.8, 4) is 0 Å². The second-order valence-electron chi connectivity index (χ2n) is 5.58. The van der Waals surface area contributed by atoms with Crippen LogP contribution in [0.3, 0.4) is 0 Å². The molecule has 2 rings (SSSR count). The van der Waals surface area contributed by atoms with E-state index in [2.05, 4.69) is 6.92 Å². The van der Waals surface area contributed by atoms with E-state index >= 15 is 0 Å². The average Bonchev–Trinajstić information content (AvgIpc) is 2.74. The van der Waals surface area contributed by atoms with Crippen LogP contribution in [0.1, 0.15) is 74.4 Å². The lowest BCUT2D eigenvalue weighted by Crippen LogP contribution is -2.15. The highest BCUT2D eigenvalue weighted by molar-refractivity contribution is 7.12. The van der Waals surface area contributed by atoms with E-state index in [4.69, 9.17) is 4.98 Å². The fraction of sp³-hybridized carbons (Fsp3) is 0.786. The molecule has 0 aliphatic heterocycles. The first kappa shape index (κ1) is 13.0. The lowest BCUT2D eigenvalue weighted by atomic mass is 9.90. The molecule has 1 heterocycles. The number of aliphatic hydroxyl groups is 1. The molecule has 17 heavy (non-hydrogen) atoms. The van der Waals surface area contributed by atoms with Crippen LogP contribution in [-0.2, 0) is 12.0 Å². The SMILES string of the molecule is CCc1nc(C2CCCCC2)sc1C(C)(C)O. The van der Waals surface area contributed by atoms with Gasteiger partial charge in [0.2, 0.25) is 0 Å². The highest BCUT2D eigenvalue weighted by Gasteiger charge is 2.27. The molecule has 3 heteroatoms. The summed E-state index contributed by atoms with van der Waals surface area (Å²) in [7, 11) is 0. The van der Waals surface area contributed by atoms with E-state index in [1.165, 1.54) is 37.1 Å². The molecule has 0 amide bonds. The van der Waals surface area contributed by atoms with Gasteiger partial charge >= 0.3 is 0 Å². The van der Waals surface area contributed by atoms with Crippen LogP contribution in [0, 0.1) is 0 Å². The van der Waals surface area contributed by atoms with Gasteiger partial charge in [-0.2, -0.15) is 0 Å². The molecule has 1 fully saturated rings. The third-order valence-corrected chi connectivity index (χ3v) is 5.13. The van der Waals surface area contributed by atoms with E-state index in [0.717, 1.165) is 17.0 Å². The maximum atomic E-state index is 10.2. The largest absolute Gasteiger partial charge is 0.385 e. The van der Waals surface area contributed by atoms with Crippen LogP contribution < -0.4 is 0 Å². The van der Waals surface area contributed by atoms with Crippen LogP contribution in [0.2, 0.25) is 0 Å². The molecule has 1 saturated carbocycles. The summed E-state index contributed by atoms with van der Waals surface area (Å²) in [6, 6.07) is 0. The Labute approximate surface area is 108 Å². The molecule has 1 aliphatic rings. The van der Waals surface area contributed by atoms with Gasteiger partial charge in [0, 0.05) is 5.92 Å². The molecule has 0 aromatic carbocycles. The molecule has 2 nitrogen and oxygen atoms in total. The highest BCUT2D eigenvalue weighted by Crippen LogP contribution is 2.39. The van der Waals surface area contributed by atoms with Gasteiger partial charge in [0.15, 0.2) is 0 Å². The Bertz CT molecular complexity index is 372. The summed E-state index contributed by atoms with van der Waals surface area (Å²) >= 11 is 1.74. The third-order valence-electron chi connectivity index (χ3n) is 3.56. The summed E-state index contributed by atoms with van der Waals surface area (Å²) < 4.78 is 0. The predicted molar refractivity (Wildman–Crippen MR) is 72.6 cm³/mol. The van der Waals surface area contributed by atoms with Crippen molar-refractivity contribution in [2.24, 2.45) is 0 Å². The molecule has 96 valence electrons. The molecule has 0 saturated heterocycles. The van der Waals surface area contributed by atoms with Gasteiger partial charge in [-0.15, -0.1) is 11.3 Å². The van der Waals surface area contributed by atoms with E-state index in [0.29, 0.717) is 5.92 Å². The van der Waals surface area contributed by atoms with Gasteiger partial charge < -0.3 is 5.11 Å². The standard InChI is InChI=1S/C14H23NOS/c1-4-11-12(14(2,3)16)17-13(15-11)10-8-6-5-7-9-10/h10,16H,4-9H2,1-3H3. The van der Waals surface area contributed by atoms with Gasteiger partial charge in [0.25, 0.3) is 0 Å². The Morgan fingerprint density at radius 2 is 1.94 bits per heavy atom. The van der Waals surface area contributed by atoms with Gasteiger partial charge in [-0.05, 0) is 33.1 Å². The highest BCUT2D eigenvalue weighted by atomic mass is 32.1. The molecule has 1 N–H and O–H groups in total. The van der Waals surface area contributed by atoms with Crippen molar-refractivity contribution in [2.45, 2.75) is 70.8 Å². The van der Waals surface area contributed by atoms with Crippen molar-refractivity contribution in [3.63, 3.8) is 0 Å². The van der Waals surface area contributed by atoms with Crippen molar-refractivity contribution < 1.29 is 5.11 Å². The second-order valence-corrected chi connectivity index (χ2v) is 6.61. The van der Waals surface area contributed by atoms with Crippen LogP contribution in [0.15, 0.2) is 0 Å². The average molecular weight is 253 g/mol. The zero-order valence-electron chi connectivity index (χ0n) is 11.1. The maximum absolute atomic E-state index is 10.2. The first-order valence-corrected chi connectivity index (χ1v) is 7.56. The van der Waals surface area contributed by atoms with Crippen molar-refractivity contribution in [1.29, 1.82) is 0 Å². The Balaban J connectivity index is 2.27. The van der Waals surface area contributed by atoms with Gasteiger partial charge in [-0.3, -0.25) is 0 Å². The van der Waals surface area contributed by atoms with Gasteiger partial charge in [-0.25, -0.2) is 4.98 Å². The Morgan fingerprint density at radius 3 is 2.41 bits per heavy atom. The number of aryl methyl sites for hydroxylation is 1. The summed E-state index contributed by atoms with van der Waals surface area (Å²) in [5.74, 6) is 0.648. The van der Waals surface area contributed by atoms with Crippen LogP contribution in [-0.4, -0.2) is 10.1 Å². The van der Waals surface area contributed by atoms with E-state index in [-0.39, 0.29) is 0 Å². The normalized spacial score (nSPS) is 18.6.